The summed E-state index contributed by atoms with van der Waals surface area (Å²) in [6, 6.07) is 6.10. The highest BCUT2D eigenvalue weighted by molar-refractivity contribution is 5.76. The largest absolute Gasteiger partial charge is 0.339 e. The SMILES string of the molecule is CC(C)c1noc(CCCC(=O)N(C)[C@H](C)c2cccc([N+](=O)[O-])c2)n1. The quantitative estimate of drug-likeness (QED) is 0.526. The number of rotatable bonds is 8. The lowest BCUT2D eigenvalue weighted by atomic mass is 10.1. The molecule has 0 aliphatic heterocycles. The van der Waals surface area contributed by atoms with Crippen LogP contribution in [0, 0.1) is 10.1 Å². The van der Waals surface area contributed by atoms with Crippen LogP contribution in [0.3, 0.4) is 0 Å². The lowest BCUT2D eigenvalue weighted by Crippen LogP contribution is -2.29. The van der Waals surface area contributed by atoms with E-state index in [0.29, 0.717) is 31.0 Å². The average Bonchev–Trinajstić information content (AvgIpc) is 3.09. The highest BCUT2D eigenvalue weighted by Crippen LogP contribution is 2.23. The molecule has 0 saturated carbocycles. The van der Waals surface area contributed by atoms with Crippen LogP contribution in [-0.2, 0) is 11.2 Å². The van der Waals surface area contributed by atoms with Crippen molar-refractivity contribution in [2.45, 2.75) is 52.0 Å². The number of nitrogens with zero attached hydrogens (tertiary/aromatic N) is 4. The minimum Gasteiger partial charge on any atom is -0.339 e. The molecule has 2 aromatic rings. The maximum atomic E-state index is 12.4. The fourth-order valence-corrected chi connectivity index (χ4v) is 2.51. The Hall–Kier alpha value is -2.77. The summed E-state index contributed by atoms with van der Waals surface area (Å²) in [6.07, 6.45) is 1.49. The van der Waals surface area contributed by atoms with Crippen LogP contribution in [0.1, 0.15) is 62.9 Å². The summed E-state index contributed by atoms with van der Waals surface area (Å²) >= 11 is 0. The number of benzene rings is 1. The Morgan fingerprint density at radius 1 is 1.35 bits per heavy atom. The normalized spacial score (nSPS) is 12.2. The number of nitro groups is 1. The summed E-state index contributed by atoms with van der Waals surface area (Å²) in [4.78, 5) is 28.8. The molecule has 0 unspecified atom stereocenters. The van der Waals surface area contributed by atoms with Crippen molar-refractivity contribution in [3.63, 3.8) is 0 Å². The average molecular weight is 360 g/mol. The number of aromatic nitrogens is 2. The monoisotopic (exact) mass is 360 g/mol. The molecular formula is C18H24N4O4. The van der Waals surface area contributed by atoms with Crippen molar-refractivity contribution in [2.75, 3.05) is 7.05 Å². The first kappa shape index (κ1) is 19.6. The van der Waals surface area contributed by atoms with Crippen LogP contribution in [0.25, 0.3) is 0 Å². The summed E-state index contributed by atoms with van der Waals surface area (Å²) in [5, 5.41) is 14.8. The highest BCUT2D eigenvalue weighted by atomic mass is 16.6. The Morgan fingerprint density at radius 2 is 2.08 bits per heavy atom. The van der Waals surface area contributed by atoms with Gasteiger partial charge in [-0.25, -0.2) is 0 Å². The van der Waals surface area contributed by atoms with Gasteiger partial charge in [-0.1, -0.05) is 31.1 Å². The van der Waals surface area contributed by atoms with Gasteiger partial charge >= 0.3 is 0 Å². The minimum atomic E-state index is -0.437. The topological polar surface area (TPSA) is 102 Å². The van der Waals surface area contributed by atoms with Crippen molar-refractivity contribution in [3.05, 3.63) is 51.7 Å². The number of aryl methyl sites for hydroxylation is 1. The van der Waals surface area contributed by atoms with E-state index >= 15 is 0 Å². The molecule has 2 rings (SSSR count). The van der Waals surface area contributed by atoms with Crippen molar-refractivity contribution >= 4 is 11.6 Å². The molecule has 0 saturated heterocycles. The van der Waals surface area contributed by atoms with Crippen LogP contribution in [0.15, 0.2) is 28.8 Å². The van der Waals surface area contributed by atoms with Crippen molar-refractivity contribution in [1.82, 2.24) is 15.0 Å². The van der Waals surface area contributed by atoms with Gasteiger partial charge in [0, 0.05) is 37.9 Å². The molecule has 0 aliphatic carbocycles. The molecule has 140 valence electrons. The minimum absolute atomic E-state index is 0.0209. The van der Waals surface area contributed by atoms with Crippen LogP contribution in [-0.4, -0.2) is 32.9 Å². The molecule has 8 heteroatoms. The number of carbonyl (C=O) groups excluding carboxylic acids is 1. The van der Waals surface area contributed by atoms with Crippen molar-refractivity contribution in [3.8, 4) is 0 Å². The van der Waals surface area contributed by atoms with E-state index in [1.807, 2.05) is 20.8 Å². The van der Waals surface area contributed by atoms with E-state index < -0.39 is 4.92 Å². The van der Waals surface area contributed by atoms with Crippen molar-refractivity contribution in [2.24, 2.45) is 0 Å². The fraction of sp³-hybridized carbons (Fsp3) is 0.500. The highest BCUT2D eigenvalue weighted by Gasteiger charge is 2.19. The molecular weight excluding hydrogens is 336 g/mol. The molecule has 0 N–H and O–H groups in total. The van der Waals surface area contributed by atoms with Crippen LogP contribution < -0.4 is 0 Å². The Labute approximate surface area is 152 Å². The van der Waals surface area contributed by atoms with Crippen LogP contribution >= 0.6 is 0 Å². The van der Waals surface area contributed by atoms with E-state index in [2.05, 4.69) is 10.1 Å². The molecule has 1 aromatic carbocycles. The zero-order valence-corrected chi connectivity index (χ0v) is 15.5. The number of hydrogen-bond acceptors (Lipinski definition) is 6. The summed E-state index contributed by atoms with van der Waals surface area (Å²) in [5.41, 5.74) is 0.751. The van der Waals surface area contributed by atoms with Crippen LogP contribution in [0.4, 0.5) is 5.69 Å². The number of amides is 1. The van der Waals surface area contributed by atoms with E-state index in [1.165, 1.54) is 12.1 Å². The third kappa shape index (κ3) is 4.87. The third-order valence-electron chi connectivity index (χ3n) is 4.32. The summed E-state index contributed by atoms with van der Waals surface area (Å²) in [6.45, 7) is 5.83. The molecule has 26 heavy (non-hydrogen) atoms. The number of nitro benzene ring substituents is 1. The van der Waals surface area contributed by atoms with Gasteiger partial charge in [0.1, 0.15) is 0 Å². The van der Waals surface area contributed by atoms with E-state index in [0.717, 1.165) is 5.56 Å². The standard InChI is InChI=1S/C18H24N4O4/c1-12(2)18-19-16(26-20-18)9-6-10-17(23)21(4)13(3)14-7-5-8-15(11-14)22(24)25/h5,7-8,11-13H,6,9-10H2,1-4H3/t13-/m1/s1. The molecule has 1 heterocycles. The van der Waals surface area contributed by atoms with Gasteiger partial charge in [-0.3, -0.25) is 14.9 Å². The molecule has 0 spiro atoms. The van der Waals surface area contributed by atoms with Crippen LogP contribution in [0.5, 0.6) is 0 Å². The van der Waals surface area contributed by atoms with E-state index in [-0.39, 0.29) is 23.6 Å². The predicted octanol–water partition coefficient (Wildman–Crippen LogP) is 3.64. The number of non-ortho nitro benzene ring substituents is 1. The first-order valence-corrected chi connectivity index (χ1v) is 8.62. The third-order valence-corrected chi connectivity index (χ3v) is 4.32. The molecule has 1 aromatic heterocycles. The zero-order valence-electron chi connectivity index (χ0n) is 15.5. The summed E-state index contributed by atoms with van der Waals surface area (Å²) in [5.74, 6) is 1.38. The molecule has 0 bridgehead atoms. The van der Waals surface area contributed by atoms with Gasteiger partial charge in [0.15, 0.2) is 5.82 Å². The first-order chi connectivity index (χ1) is 12.3. The van der Waals surface area contributed by atoms with E-state index in [4.69, 9.17) is 4.52 Å². The molecule has 1 atom stereocenters. The second-order valence-electron chi connectivity index (χ2n) is 6.59. The van der Waals surface area contributed by atoms with Gasteiger partial charge in [0.2, 0.25) is 11.8 Å². The summed E-state index contributed by atoms with van der Waals surface area (Å²) < 4.78 is 5.17. The second-order valence-corrected chi connectivity index (χ2v) is 6.59. The zero-order chi connectivity index (χ0) is 19.3. The molecule has 1 amide bonds. The second kappa shape index (κ2) is 8.55. The van der Waals surface area contributed by atoms with E-state index in [9.17, 15) is 14.9 Å². The molecule has 0 radical (unpaired) electrons. The van der Waals surface area contributed by atoms with Crippen molar-refractivity contribution in [1.29, 1.82) is 0 Å². The molecule has 0 aliphatic rings. The Bertz CT molecular complexity index is 772. The summed E-state index contributed by atoms with van der Waals surface area (Å²) in [7, 11) is 1.70. The van der Waals surface area contributed by atoms with Gasteiger partial charge in [0.05, 0.1) is 11.0 Å². The Kier molecular flexibility index (Phi) is 6.43. The first-order valence-electron chi connectivity index (χ1n) is 8.62. The lowest BCUT2D eigenvalue weighted by Gasteiger charge is -2.25. The van der Waals surface area contributed by atoms with Gasteiger partial charge < -0.3 is 9.42 Å². The van der Waals surface area contributed by atoms with Gasteiger partial charge in [-0.15, -0.1) is 0 Å². The maximum absolute atomic E-state index is 12.4. The Morgan fingerprint density at radius 3 is 2.69 bits per heavy atom. The fourth-order valence-electron chi connectivity index (χ4n) is 2.51. The molecule has 0 fully saturated rings. The van der Waals surface area contributed by atoms with Crippen molar-refractivity contribution < 1.29 is 14.2 Å². The number of carbonyl (C=O) groups is 1. The van der Waals surface area contributed by atoms with Gasteiger partial charge in [-0.2, -0.15) is 4.98 Å². The Balaban J connectivity index is 1.89. The van der Waals surface area contributed by atoms with Crippen LogP contribution in [0.2, 0.25) is 0 Å². The number of hydrogen-bond donors (Lipinski definition) is 0. The maximum Gasteiger partial charge on any atom is 0.269 e. The van der Waals surface area contributed by atoms with E-state index in [1.54, 1.807) is 24.1 Å². The molecule has 8 nitrogen and oxygen atoms in total. The predicted molar refractivity (Wildman–Crippen MR) is 95.6 cm³/mol. The van der Waals surface area contributed by atoms with Gasteiger partial charge in [0.25, 0.3) is 5.69 Å². The lowest BCUT2D eigenvalue weighted by molar-refractivity contribution is -0.384. The van der Waals surface area contributed by atoms with Gasteiger partial charge in [-0.05, 0) is 18.9 Å². The smallest absolute Gasteiger partial charge is 0.269 e.